The Morgan fingerprint density at radius 1 is 1.44 bits per heavy atom. The monoisotopic (exact) mass is 238 g/mol. The van der Waals surface area contributed by atoms with E-state index in [4.69, 9.17) is 0 Å². The van der Waals surface area contributed by atoms with E-state index in [0.29, 0.717) is 0 Å². The highest BCUT2D eigenvalue weighted by Crippen LogP contribution is 2.32. The van der Waals surface area contributed by atoms with Crippen LogP contribution in [0.2, 0.25) is 0 Å². The maximum atomic E-state index is 13.1. The molecule has 0 fully saturated rings. The summed E-state index contributed by atoms with van der Waals surface area (Å²) in [5.41, 5.74) is 0.207. The van der Waals surface area contributed by atoms with E-state index in [1.807, 2.05) is 0 Å². The van der Waals surface area contributed by atoms with Gasteiger partial charge >= 0.3 is 5.97 Å². The summed E-state index contributed by atoms with van der Waals surface area (Å²) >= 11 is 0. The van der Waals surface area contributed by atoms with Crippen molar-refractivity contribution in [3.05, 3.63) is 12.2 Å². The molecule has 0 radical (unpaired) electrons. The maximum Gasteiger partial charge on any atom is 0.333 e. The third-order valence-electron chi connectivity index (χ3n) is 2.32. The molecule has 0 amide bonds. The Morgan fingerprint density at radius 2 is 1.94 bits per heavy atom. The molecule has 2 unspecified atom stereocenters. The van der Waals surface area contributed by atoms with E-state index < -0.39 is 24.0 Å². The minimum Gasteiger partial charge on any atom is -0.462 e. The van der Waals surface area contributed by atoms with Gasteiger partial charge in [0.15, 0.2) is 6.17 Å². The van der Waals surface area contributed by atoms with Gasteiger partial charge in [0.05, 0.1) is 6.61 Å². The molecule has 0 heterocycles. The zero-order chi connectivity index (χ0) is 12.9. The topological polar surface area (TPSA) is 26.3 Å². The molecule has 16 heavy (non-hydrogen) atoms. The van der Waals surface area contributed by atoms with Crippen LogP contribution in [0.25, 0.3) is 0 Å². The van der Waals surface area contributed by atoms with Gasteiger partial charge < -0.3 is 4.74 Å². The highest BCUT2D eigenvalue weighted by atomic mass is 19.3. The highest BCUT2D eigenvalue weighted by molar-refractivity contribution is 5.86. The zero-order valence-electron chi connectivity index (χ0n) is 9.73. The molecule has 0 aromatic carbocycles. The molecule has 0 aliphatic rings. The number of carbonyl (C=O) groups is 1. The van der Waals surface area contributed by atoms with Crippen molar-refractivity contribution in [2.45, 2.75) is 39.3 Å². The molecule has 0 saturated carbocycles. The number of rotatable bonds is 6. The number of hydrogen-bond donors (Lipinski definition) is 0. The average molecular weight is 238 g/mol. The van der Waals surface area contributed by atoms with Crippen molar-refractivity contribution in [2.24, 2.45) is 5.92 Å². The second-order valence-electron chi connectivity index (χ2n) is 3.90. The summed E-state index contributed by atoms with van der Waals surface area (Å²) in [7, 11) is 0. The van der Waals surface area contributed by atoms with E-state index in [1.165, 1.54) is 13.8 Å². The normalized spacial score (nSPS) is 15.4. The van der Waals surface area contributed by atoms with Crippen molar-refractivity contribution >= 4 is 5.97 Å². The number of alkyl halides is 3. The van der Waals surface area contributed by atoms with E-state index in [-0.39, 0.29) is 18.6 Å². The zero-order valence-corrected chi connectivity index (χ0v) is 9.73. The van der Waals surface area contributed by atoms with E-state index in [0.717, 1.165) is 6.92 Å². The molecular weight excluding hydrogens is 221 g/mol. The smallest absolute Gasteiger partial charge is 0.333 e. The van der Waals surface area contributed by atoms with Gasteiger partial charge in [-0.25, -0.2) is 18.0 Å². The Bertz CT molecular complexity index is 262. The van der Waals surface area contributed by atoms with Gasteiger partial charge in [-0.3, -0.25) is 0 Å². The van der Waals surface area contributed by atoms with Crippen molar-refractivity contribution in [1.82, 2.24) is 0 Å². The fourth-order valence-electron chi connectivity index (χ4n) is 1.04. The first-order chi connectivity index (χ1) is 7.19. The minimum absolute atomic E-state index is 0.0831. The van der Waals surface area contributed by atoms with Crippen LogP contribution >= 0.6 is 0 Å². The standard InChI is InChI=1S/C11H17F3O2/c1-7(2)10(15)16-6-5-8(3)11(13,14)9(4)12/h8-9H,1,5-6H2,2-4H3. The summed E-state index contributed by atoms with van der Waals surface area (Å²) in [4.78, 5) is 10.9. The first-order valence-corrected chi connectivity index (χ1v) is 5.04. The largest absolute Gasteiger partial charge is 0.462 e. The molecular formula is C11H17F3O2. The van der Waals surface area contributed by atoms with E-state index >= 15 is 0 Å². The summed E-state index contributed by atoms with van der Waals surface area (Å²) < 4.78 is 43.4. The number of ether oxygens (including phenoxy) is 1. The molecule has 0 aliphatic heterocycles. The molecule has 0 aromatic rings. The van der Waals surface area contributed by atoms with Crippen molar-refractivity contribution < 1.29 is 22.7 Å². The van der Waals surface area contributed by atoms with Crippen LogP contribution in [0.5, 0.6) is 0 Å². The first kappa shape index (κ1) is 15.0. The van der Waals surface area contributed by atoms with Crippen molar-refractivity contribution in [3.8, 4) is 0 Å². The highest BCUT2D eigenvalue weighted by Gasteiger charge is 2.42. The van der Waals surface area contributed by atoms with Crippen LogP contribution in [0.3, 0.4) is 0 Å². The lowest BCUT2D eigenvalue weighted by Gasteiger charge is -2.24. The van der Waals surface area contributed by atoms with Gasteiger partial charge in [0, 0.05) is 11.5 Å². The molecule has 0 N–H and O–H groups in total. The van der Waals surface area contributed by atoms with Gasteiger partial charge in [0.25, 0.3) is 5.92 Å². The first-order valence-electron chi connectivity index (χ1n) is 5.04. The van der Waals surface area contributed by atoms with E-state index in [2.05, 4.69) is 11.3 Å². The molecule has 0 rings (SSSR count). The van der Waals surface area contributed by atoms with Crippen LogP contribution in [0.1, 0.15) is 27.2 Å². The third kappa shape index (κ3) is 4.24. The van der Waals surface area contributed by atoms with Crippen LogP contribution in [-0.2, 0) is 9.53 Å². The quantitative estimate of drug-likeness (QED) is 0.525. The van der Waals surface area contributed by atoms with Gasteiger partial charge in [-0.15, -0.1) is 0 Å². The van der Waals surface area contributed by atoms with Crippen molar-refractivity contribution in [1.29, 1.82) is 0 Å². The maximum absolute atomic E-state index is 13.1. The van der Waals surface area contributed by atoms with E-state index in [1.54, 1.807) is 0 Å². The number of halogens is 3. The molecule has 0 aliphatic carbocycles. The number of carbonyl (C=O) groups excluding carboxylic acids is 1. The van der Waals surface area contributed by atoms with Gasteiger partial charge in [-0.05, 0) is 20.3 Å². The Balaban J connectivity index is 4.04. The fraction of sp³-hybridized carbons (Fsp3) is 0.727. The molecule has 2 nitrogen and oxygen atoms in total. The predicted molar refractivity (Wildman–Crippen MR) is 55.1 cm³/mol. The molecule has 2 atom stereocenters. The van der Waals surface area contributed by atoms with Crippen LogP contribution in [0.4, 0.5) is 13.2 Å². The van der Waals surface area contributed by atoms with Gasteiger partial charge in [-0.1, -0.05) is 13.5 Å². The van der Waals surface area contributed by atoms with Crippen molar-refractivity contribution in [3.63, 3.8) is 0 Å². The third-order valence-corrected chi connectivity index (χ3v) is 2.32. The predicted octanol–water partition coefficient (Wildman–Crippen LogP) is 3.13. The molecule has 0 aromatic heterocycles. The molecule has 0 bridgehead atoms. The summed E-state index contributed by atoms with van der Waals surface area (Å²) in [6.45, 7) is 6.69. The number of esters is 1. The fourth-order valence-corrected chi connectivity index (χ4v) is 1.04. The van der Waals surface area contributed by atoms with Gasteiger partial charge in [0.2, 0.25) is 0 Å². The van der Waals surface area contributed by atoms with Crippen LogP contribution in [0, 0.1) is 5.92 Å². The Hall–Kier alpha value is -1.00. The summed E-state index contributed by atoms with van der Waals surface area (Å²) in [5, 5.41) is 0. The lowest BCUT2D eigenvalue weighted by Crippen LogP contribution is -2.35. The molecule has 0 spiro atoms. The second kappa shape index (κ2) is 5.92. The molecule has 94 valence electrons. The summed E-state index contributed by atoms with van der Waals surface area (Å²) in [6.07, 6.45) is -2.29. The number of hydrogen-bond acceptors (Lipinski definition) is 2. The Kier molecular flexibility index (Phi) is 5.55. The summed E-state index contributed by atoms with van der Waals surface area (Å²) in [6, 6.07) is 0. The Morgan fingerprint density at radius 3 is 2.31 bits per heavy atom. The second-order valence-corrected chi connectivity index (χ2v) is 3.90. The summed E-state index contributed by atoms with van der Waals surface area (Å²) in [5.74, 6) is -5.19. The average Bonchev–Trinajstić information content (AvgIpc) is 2.16. The van der Waals surface area contributed by atoms with Crippen LogP contribution in [-0.4, -0.2) is 24.7 Å². The van der Waals surface area contributed by atoms with Crippen molar-refractivity contribution in [2.75, 3.05) is 6.61 Å². The SMILES string of the molecule is C=C(C)C(=O)OCCC(C)C(F)(F)C(C)F. The van der Waals surface area contributed by atoms with Gasteiger partial charge in [-0.2, -0.15) is 0 Å². The van der Waals surface area contributed by atoms with E-state index in [9.17, 15) is 18.0 Å². The molecule has 0 saturated heterocycles. The van der Waals surface area contributed by atoms with Gasteiger partial charge in [0.1, 0.15) is 0 Å². The minimum atomic E-state index is -3.39. The van der Waals surface area contributed by atoms with Crippen LogP contribution in [0.15, 0.2) is 12.2 Å². The lowest BCUT2D eigenvalue weighted by molar-refractivity contribution is -0.142. The van der Waals surface area contributed by atoms with Crippen LogP contribution < -0.4 is 0 Å². The Labute approximate surface area is 93.5 Å². The molecule has 5 heteroatoms. The lowest BCUT2D eigenvalue weighted by atomic mass is 9.97.